The smallest absolute Gasteiger partial charge is 0.320 e. The van der Waals surface area contributed by atoms with E-state index in [4.69, 9.17) is 24.3 Å². The SMILES string of the molecule is CCOC(=O)CNP(OCC(CCc1ccc2c(N)ncnn12)OC)Oc1ccc(C(C)(C)C)cc1. The third-order valence-corrected chi connectivity index (χ3v) is 6.74. The largest absolute Gasteiger partial charge is 0.465 e. The number of carbonyl (C=O) groups excluding carboxylic acids is 1. The van der Waals surface area contributed by atoms with Crippen LogP contribution in [0.15, 0.2) is 42.7 Å². The highest BCUT2D eigenvalue weighted by Gasteiger charge is 2.20. The van der Waals surface area contributed by atoms with E-state index in [9.17, 15) is 4.79 Å². The molecule has 2 aromatic heterocycles. The maximum Gasteiger partial charge on any atom is 0.320 e. The average Bonchev–Trinajstić information content (AvgIpc) is 3.27. The summed E-state index contributed by atoms with van der Waals surface area (Å²) in [6.45, 7) is 8.80. The number of nitrogens with one attached hydrogen (secondary N) is 1. The minimum absolute atomic E-state index is 0.0193. The molecule has 1 aromatic carbocycles. The first kappa shape index (κ1) is 27.8. The lowest BCUT2D eigenvalue weighted by Crippen LogP contribution is -2.25. The summed E-state index contributed by atoms with van der Waals surface area (Å²) >= 11 is 0. The van der Waals surface area contributed by atoms with E-state index in [0.717, 1.165) is 11.2 Å². The van der Waals surface area contributed by atoms with Crippen molar-refractivity contribution >= 4 is 25.8 Å². The number of aromatic nitrogens is 3. The lowest BCUT2D eigenvalue weighted by Gasteiger charge is -2.23. The molecule has 11 heteroatoms. The van der Waals surface area contributed by atoms with Crippen LogP contribution in [0.1, 0.15) is 45.4 Å². The molecule has 0 bridgehead atoms. The number of carbonyl (C=O) groups is 1. The van der Waals surface area contributed by atoms with Crippen LogP contribution in [0.5, 0.6) is 5.75 Å². The normalized spacial score (nSPS) is 13.5. The molecule has 2 heterocycles. The van der Waals surface area contributed by atoms with E-state index in [2.05, 4.69) is 35.9 Å². The zero-order valence-corrected chi connectivity index (χ0v) is 22.5. The summed E-state index contributed by atoms with van der Waals surface area (Å²) in [5.74, 6) is 0.718. The number of methoxy groups -OCH3 is 1. The fourth-order valence-corrected chi connectivity index (χ4v) is 4.56. The highest BCUT2D eigenvalue weighted by molar-refractivity contribution is 7.45. The standard InChI is InChI=1S/C25H36N5O5P/c1-6-33-23(31)15-29-36(35-20-11-7-18(8-12-20)25(2,3)4)34-16-21(32-5)13-9-19-10-14-22-24(26)27-17-28-30(19)22/h7-8,10-12,14,17,21,29H,6,9,13,15-16H2,1-5H3,(H2,26,27,28). The molecule has 2 unspecified atom stereocenters. The summed E-state index contributed by atoms with van der Waals surface area (Å²) in [7, 11) is 0.0260. The van der Waals surface area contributed by atoms with Crippen LogP contribution in [0.4, 0.5) is 5.82 Å². The number of ether oxygens (including phenoxy) is 2. The molecule has 0 aliphatic heterocycles. The van der Waals surface area contributed by atoms with Crippen LogP contribution < -0.4 is 15.3 Å². The second-order valence-corrected chi connectivity index (χ2v) is 10.5. The lowest BCUT2D eigenvalue weighted by molar-refractivity contribution is -0.141. The van der Waals surface area contributed by atoms with Crippen LogP contribution in [-0.2, 0) is 30.6 Å². The number of hydrogen-bond donors (Lipinski definition) is 2. The van der Waals surface area contributed by atoms with E-state index in [-0.39, 0.29) is 30.6 Å². The van der Waals surface area contributed by atoms with Crippen molar-refractivity contribution in [3.05, 3.63) is 54.0 Å². The van der Waals surface area contributed by atoms with Crippen molar-refractivity contribution in [1.29, 1.82) is 0 Å². The fourth-order valence-electron chi connectivity index (χ4n) is 3.48. The summed E-state index contributed by atoms with van der Waals surface area (Å²) in [5.41, 5.74) is 8.93. The maximum atomic E-state index is 11.9. The van der Waals surface area contributed by atoms with E-state index in [1.54, 1.807) is 18.5 Å². The monoisotopic (exact) mass is 517 g/mol. The minimum atomic E-state index is -1.62. The molecular weight excluding hydrogens is 481 g/mol. The molecule has 0 spiro atoms. The third kappa shape index (κ3) is 7.86. The van der Waals surface area contributed by atoms with E-state index in [1.807, 2.05) is 36.4 Å². The van der Waals surface area contributed by atoms with Crippen LogP contribution in [-0.4, -0.2) is 53.5 Å². The van der Waals surface area contributed by atoms with Crippen molar-refractivity contribution in [2.45, 2.75) is 52.1 Å². The Morgan fingerprint density at radius 1 is 1.19 bits per heavy atom. The van der Waals surface area contributed by atoms with Gasteiger partial charge in [0.1, 0.15) is 24.1 Å². The molecule has 2 atom stereocenters. The highest BCUT2D eigenvalue weighted by atomic mass is 31.2. The molecule has 0 aliphatic carbocycles. The molecule has 3 aromatic rings. The minimum Gasteiger partial charge on any atom is -0.465 e. The van der Waals surface area contributed by atoms with Crippen LogP contribution in [0, 0.1) is 0 Å². The average molecular weight is 518 g/mol. The first-order chi connectivity index (χ1) is 17.2. The van der Waals surface area contributed by atoms with Crippen molar-refractivity contribution in [2.24, 2.45) is 0 Å². The van der Waals surface area contributed by atoms with Crippen LogP contribution >= 0.6 is 8.53 Å². The Hall–Kier alpha value is -2.78. The van der Waals surface area contributed by atoms with E-state index < -0.39 is 8.53 Å². The number of anilines is 1. The van der Waals surface area contributed by atoms with Crippen molar-refractivity contribution < 1.29 is 23.3 Å². The number of aryl methyl sites for hydroxylation is 1. The van der Waals surface area contributed by atoms with Crippen molar-refractivity contribution in [2.75, 3.05) is 32.6 Å². The Labute approximate surface area is 213 Å². The number of hydrogen-bond acceptors (Lipinski definition) is 9. The lowest BCUT2D eigenvalue weighted by atomic mass is 9.87. The first-order valence-corrected chi connectivity index (χ1v) is 13.1. The molecule has 0 radical (unpaired) electrons. The van der Waals surface area contributed by atoms with Crippen molar-refractivity contribution in [3.63, 3.8) is 0 Å². The summed E-state index contributed by atoms with van der Waals surface area (Å²) in [5, 5.41) is 7.32. The first-order valence-electron chi connectivity index (χ1n) is 11.9. The van der Waals surface area contributed by atoms with Gasteiger partial charge in [-0.3, -0.25) is 4.79 Å². The molecule has 0 saturated carbocycles. The van der Waals surface area contributed by atoms with Gasteiger partial charge in [-0.1, -0.05) is 32.9 Å². The number of esters is 1. The van der Waals surface area contributed by atoms with Gasteiger partial charge in [0.15, 0.2) is 5.82 Å². The van der Waals surface area contributed by atoms with Gasteiger partial charge in [0, 0.05) is 12.8 Å². The van der Waals surface area contributed by atoms with Crippen LogP contribution in [0.2, 0.25) is 0 Å². The van der Waals surface area contributed by atoms with Gasteiger partial charge >= 0.3 is 14.5 Å². The predicted octanol–water partition coefficient (Wildman–Crippen LogP) is 4.03. The Morgan fingerprint density at radius 3 is 2.61 bits per heavy atom. The zero-order chi connectivity index (χ0) is 26.1. The number of rotatable bonds is 13. The Kier molecular flexibility index (Phi) is 10.0. The predicted molar refractivity (Wildman–Crippen MR) is 140 cm³/mol. The quantitative estimate of drug-likeness (QED) is 0.256. The Bertz CT molecular complexity index is 1120. The summed E-state index contributed by atoms with van der Waals surface area (Å²) < 4.78 is 24.6. The summed E-state index contributed by atoms with van der Waals surface area (Å²) in [4.78, 5) is 15.9. The number of nitrogens with zero attached hydrogens (tertiary/aromatic N) is 3. The molecule has 3 rings (SSSR count). The van der Waals surface area contributed by atoms with Gasteiger partial charge < -0.3 is 24.3 Å². The van der Waals surface area contributed by atoms with E-state index in [1.165, 1.54) is 11.9 Å². The molecule has 0 fully saturated rings. The number of nitrogens with two attached hydrogens (primary N) is 1. The van der Waals surface area contributed by atoms with Gasteiger partial charge in [-0.25, -0.2) is 14.6 Å². The molecule has 0 saturated heterocycles. The molecule has 10 nitrogen and oxygen atoms in total. The third-order valence-electron chi connectivity index (χ3n) is 5.56. The number of fused-ring (bicyclic) bond motifs is 1. The highest BCUT2D eigenvalue weighted by Crippen LogP contribution is 2.36. The molecular formula is C25H36N5O5P. The van der Waals surface area contributed by atoms with Crippen LogP contribution in [0.25, 0.3) is 5.52 Å². The molecule has 196 valence electrons. The van der Waals surface area contributed by atoms with Crippen molar-refractivity contribution in [3.8, 4) is 5.75 Å². The molecule has 0 amide bonds. The van der Waals surface area contributed by atoms with E-state index >= 15 is 0 Å². The fraction of sp³-hybridized carbons (Fsp3) is 0.480. The number of nitrogen functional groups attached to an aromatic ring is 1. The second-order valence-electron chi connectivity index (χ2n) is 9.22. The number of benzene rings is 1. The van der Waals surface area contributed by atoms with Gasteiger partial charge in [0.25, 0.3) is 0 Å². The summed E-state index contributed by atoms with van der Waals surface area (Å²) in [6.07, 6.45) is 2.64. The maximum absolute atomic E-state index is 11.9. The van der Waals surface area contributed by atoms with Crippen LogP contribution in [0.3, 0.4) is 0 Å². The summed E-state index contributed by atoms with van der Waals surface area (Å²) in [6, 6.07) is 11.8. The van der Waals surface area contributed by atoms with E-state index in [0.29, 0.717) is 31.0 Å². The van der Waals surface area contributed by atoms with Gasteiger partial charge in [0.2, 0.25) is 0 Å². The molecule has 36 heavy (non-hydrogen) atoms. The van der Waals surface area contributed by atoms with Gasteiger partial charge in [-0.2, -0.15) is 5.10 Å². The Balaban J connectivity index is 1.61. The molecule has 3 N–H and O–H groups in total. The topological polar surface area (TPSA) is 122 Å². The van der Waals surface area contributed by atoms with Crippen molar-refractivity contribution in [1.82, 2.24) is 19.7 Å². The Morgan fingerprint density at radius 2 is 1.94 bits per heavy atom. The zero-order valence-electron chi connectivity index (χ0n) is 21.6. The van der Waals surface area contributed by atoms with Gasteiger partial charge in [-0.05, 0) is 55.0 Å². The molecule has 0 aliphatic rings. The van der Waals surface area contributed by atoms with Gasteiger partial charge in [-0.15, -0.1) is 0 Å². The second kappa shape index (κ2) is 13.0. The van der Waals surface area contributed by atoms with Gasteiger partial charge in [0.05, 0.1) is 19.3 Å².